The molecule has 3 heterocycles. The highest BCUT2D eigenvalue weighted by atomic mass is 32.1. The van der Waals surface area contributed by atoms with Crippen LogP contribution in [-0.4, -0.2) is 33.7 Å². The summed E-state index contributed by atoms with van der Waals surface area (Å²) < 4.78 is 15.1. The fraction of sp³-hybridized carbons (Fsp3) is 0.0889. The Morgan fingerprint density at radius 1 is 0.839 bits per heavy atom. The van der Waals surface area contributed by atoms with E-state index in [9.17, 15) is 19.7 Å². The number of benzene rings is 5. The van der Waals surface area contributed by atoms with Gasteiger partial charge in [-0.05, 0) is 60.0 Å². The third-order valence-corrected chi connectivity index (χ3v) is 10.5. The molecule has 56 heavy (non-hydrogen) atoms. The van der Waals surface area contributed by atoms with Crippen LogP contribution < -0.4 is 19.6 Å². The van der Waals surface area contributed by atoms with Gasteiger partial charge in [-0.25, -0.2) is 9.79 Å². The number of non-ortho nitro benzene ring substituents is 1. The van der Waals surface area contributed by atoms with Crippen LogP contribution in [0.15, 0.2) is 161 Å². The Balaban J connectivity index is 1.42. The first-order chi connectivity index (χ1) is 27.4. The Morgan fingerprint density at radius 2 is 1.45 bits per heavy atom. The Kier molecular flexibility index (Phi) is 9.82. The largest absolute Gasteiger partial charge is 0.497 e. The molecule has 1 atom stereocenters. The number of hydrogen-bond donors (Lipinski definition) is 0. The molecule has 0 radical (unpaired) electrons. The molecule has 1 aliphatic rings. The SMILES string of the molecule is CCOC(=O)C1=C(c2ccccc2)N=c2s/c(=C\c3cc(-c4ccccc4)n(-c4ccc([N+](=O)[O-])cc4)c3-c3ccccc3)c(=O)n2[C@H]1c1ccc(OC)cc1. The number of nitrogens with zero attached hydrogens (tertiary/aromatic N) is 4. The molecular weight excluding hydrogens is 725 g/mol. The molecule has 1 aliphatic heterocycles. The van der Waals surface area contributed by atoms with Crippen LogP contribution in [-0.2, 0) is 9.53 Å². The van der Waals surface area contributed by atoms with E-state index >= 15 is 0 Å². The summed E-state index contributed by atoms with van der Waals surface area (Å²) in [5.74, 6) is 0.0653. The van der Waals surface area contributed by atoms with Crippen molar-refractivity contribution in [1.29, 1.82) is 0 Å². The van der Waals surface area contributed by atoms with Gasteiger partial charge in [-0.1, -0.05) is 114 Å². The minimum Gasteiger partial charge on any atom is -0.497 e. The van der Waals surface area contributed by atoms with Crippen molar-refractivity contribution < 1.29 is 19.2 Å². The van der Waals surface area contributed by atoms with E-state index in [0.717, 1.165) is 28.1 Å². The summed E-state index contributed by atoms with van der Waals surface area (Å²) in [6, 6.07) is 44.0. The molecule has 0 spiro atoms. The Hall–Kier alpha value is -7.11. The standard InChI is InChI=1S/C45H34N4O6S/c1-3-55-44(51)39-40(30-15-9-5-10-16-30)46-45-48(42(39)32-19-25-36(54-2)26-20-32)43(50)38(56-45)28-33-27-37(29-13-7-4-8-14-29)47(41(33)31-17-11-6-12-18-31)34-21-23-35(24-22-34)49(52)53/h4-28,42H,3H2,1-2H3/b38-28-/t42-/m0/s1. The van der Waals surface area contributed by atoms with Crippen molar-refractivity contribution in [2.45, 2.75) is 13.0 Å². The quantitative estimate of drug-likeness (QED) is 0.0794. The lowest BCUT2D eigenvalue weighted by Gasteiger charge is -2.26. The molecule has 5 aromatic carbocycles. The molecule has 0 unspecified atom stereocenters. The van der Waals surface area contributed by atoms with E-state index in [1.807, 2.05) is 115 Å². The first kappa shape index (κ1) is 35.9. The first-order valence-corrected chi connectivity index (χ1v) is 18.7. The van der Waals surface area contributed by atoms with Crippen molar-refractivity contribution in [3.05, 3.63) is 198 Å². The van der Waals surface area contributed by atoms with Crippen LogP contribution in [0.5, 0.6) is 5.75 Å². The molecule has 0 saturated carbocycles. The zero-order valence-corrected chi connectivity index (χ0v) is 31.2. The maximum atomic E-state index is 14.9. The van der Waals surface area contributed by atoms with Gasteiger partial charge in [0.2, 0.25) is 0 Å². The highest BCUT2D eigenvalue weighted by molar-refractivity contribution is 7.07. The van der Waals surface area contributed by atoms with Gasteiger partial charge >= 0.3 is 5.97 Å². The summed E-state index contributed by atoms with van der Waals surface area (Å²) in [6.07, 6.45) is 1.86. The minimum atomic E-state index is -0.855. The van der Waals surface area contributed by atoms with E-state index < -0.39 is 16.9 Å². The van der Waals surface area contributed by atoms with E-state index in [1.165, 1.54) is 23.5 Å². The van der Waals surface area contributed by atoms with Crippen LogP contribution in [0, 0.1) is 10.1 Å². The number of fused-ring (bicyclic) bond motifs is 1. The normalized spacial score (nSPS) is 13.9. The summed E-state index contributed by atoms with van der Waals surface area (Å²) in [6.45, 7) is 1.89. The number of ether oxygens (including phenoxy) is 2. The number of esters is 1. The van der Waals surface area contributed by atoms with Gasteiger partial charge in [0.1, 0.15) is 5.75 Å². The average molecular weight is 759 g/mol. The number of carbonyl (C=O) groups is 1. The van der Waals surface area contributed by atoms with Gasteiger partial charge in [0, 0.05) is 28.9 Å². The van der Waals surface area contributed by atoms with Crippen LogP contribution in [0.3, 0.4) is 0 Å². The molecule has 7 aromatic rings. The van der Waals surface area contributed by atoms with E-state index in [0.29, 0.717) is 37.6 Å². The second kappa shape index (κ2) is 15.3. The van der Waals surface area contributed by atoms with Gasteiger partial charge in [0.15, 0.2) is 4.80 Å². The fourth-order valence-corrected chi connectivity index (χ4v) is 8.02. The zero-order valence-electron chi connectivity index (χ0n) is 30.4. The Bertz CT molecular complexity index is 2790. The number of aromatic nitrogens is 2. The second-order valence-electron chi connectivity index (χ2n) is 12.9. The number of hydrogen-bond acceptors (Lipinski definition) is 8. The van der Waals surface area contributed by atoms with E-state index in [-0.39, 0.29) is 23.4 Å². The van der Waals surface area contributed by atoms with Gasteiger partial charge < -0.3 is 14.0 Å². The van der Waals surface area contributed by atoms with Gasteiger partial charge in [0.25, 0.3) is 11.2 Å². The fourth-order valence-electron chi connectivity index (χ4n) is 7.03. The van der Waals surface area contributed by atoms with E-state index in [2.05, 4.69) is 4.57 Å². The first-order valence-electron chi connectivity index (χ1n) is 17.9. The Labute approximate surface area is 325 Å². The van der Waals surface area contributed by atoms with Crippen molar-refractivity contribution in [1.82, 2.24) is 9.13 Å². The van der Waals surface area contributed by atoms with Gasteiger partial charge in [0.05, 0.1) is 51.9 Å². The lowest BCUT2D eigenvalue weighted by atomic mass is 9.93. The highest BCUT2D eigenvalue weighted by Crippen LogP contribution is 2.38. The molecule has 2 aromatic heterocycles. The highest BCUT2D eigenvalue weighted by Gasteiger charge is 2.35. The third kappa shape index (κ3) is 6.65. The van der Waals surface area contributed by atoms with Crippen molar-refractivity contribution >= 4 is 34.8 Å². The molecule has 0 aliphatic carbocycles. The second-order valence-corrected chi connectivity index (χ2v) is 13.9. The van der Waals surface area contributed by atoms with Crippen molar-refractivity contribution in [3.63, 3.8) is 0 Å². The summed E-state index contributed by atoms with van der Waals surface area (Å²) in [5.41, 5.74) is 6.58. The molecule has 0 bridgehead atoms. The van der Waals surface area contributed by atoms with Crippen molar-refractivity contribution in [2.75, 3.05) is 13.7 Å². The zero-order chi connectivity index (χ0) is 38.8. The van der Waals surface area contributed by atoms with Crippen molar-refractivity contribution in [2.24, 2.45) is 4.99 Å². The number of nitro groups is 1. The maximum Gasteiger partial charge on any atom is 0.338 e. The Morgan fingerprint density at radius 3 is 2.04 bits per heavy atom. The predicted octanol–water partition coefficient (Wildman–Crippen LogP) is 7.98. The van der Waals surface area contributed by atoms with Crippen molar-refractivity contribution in [3.8, 4) is 34.0 Å². The lowest BCUT2D eigenvalue weighted by Crippen LogP contribution is -2.40. The topological polar surface area (TPSA) is 118 Å². The third-order valence-electron chi connectivity index (χ3n) is 9.56. The molecule has 0 amide bonds. The maximum absolute atomic E-state index is 14.9. The van der Waals surface area contributed by atoms with Crippen LogP contribution in [0.4, 0.5) is 5.69 Å². The van der Waals surface area contributed by atoms with Crippen LogP contribution in [0.25, 0.3) is 40.0 Å². The monoisotopic (exact) mass is 758 g/mol. The molecule has 276 valence electrons. The van der Waals surface area contributed by atoms with Gasteiger partial charge in [-0.2, -0.15) is 0 Å². The number of nitro benzene ring substituents is 1. The van der Waals surface area contributed by atoms with Crippen LogP contribution in [0.1, 0.15) is 29.7 Å². The molecule has 0 N–H and O–H groups in total. The van der Waals surface area contributed by atoms with E-state index in [4.69, 9.17) is 14.5 Å². The smallest absolute Gasteiger partial charge is 0.338 e. The summed E-state index contributed by atoms with van der Waals surface area (Å²) in [7, 11) is 1.58. The number of thiazole rings is 1. The summed E-state index contributed by atoms with van der Waals surface area (Å²) in [4.78, 5) is 45.5. The molecule has 11 heteroatoms. The predicted molar refractivity (Wildman–Crippen MR) is 217 cm³/mol. The average Bonchev–Trinajstić information content (AvgIpc) is 3.78. The number of rotatable bonds is 10. The molecule has 0 saturated heterocycles. The van der Waals surface area contributed by atoms with Gasteiger partial charge in [-0.3, -0.25) is 19.5 Å². The molecular formula is C45H34N4O6S. The lowest BCUT2D eigenvalue weighted by molar-refractivity contribution is -0.384. The summed E-state index contributed by atoms with van der Waals surface area (Å²) >= 11 is 1.24. The summed E-state index contributed by atoms with van der Waals surface area (Å²) in [5, 5.41) is 11.6. The van der Waals surface area contributed by atoms with E-state index in [1.54, 1.807) is 42.9 Å². The van der Waals surface area contributed by atoms with Crippen LogP contribution >= 0.6 is 11.3 Å². The minimum absolute atomic E-state index is 0.0202. The van der Waals surface area contributed by atoms with Gasteiger partial charge in [-0.15, -0.1) is 0 Å². The molecule has 0 fully saturated rings. The number of methoxy groups -OCH3 is 1. The molecule has 8 rings (SSSR count). The van der Waals surface area contributed by atoms with Crippen LogP contribution in [0.2, 0.25) is 0 Å². The number of carbonyl (C=O) groups excluding carboxylic acids is 1. The molecule has 10 nitrogen and oxygen atoms in total.